The number of piperidine rings is 1. The third kappa shape index (κ3) is 2.87. The van der Waals surface area contributed by atoms with Crippen LogP contribution in [-0.2, 0) is 6.42 Å². The molecular formula is C16H20N2O. The summed E-state index contributed by atoms with van der Waals surface area (Å²) in [5.41, 5.74) is 3.60. The second-order valence-electron chi connectivity index (χ2n) is 5.38. The van der Waals surface area contributed by atoms with Gasteiger partial charge in [0.25, 0.3) is 0 Å². The van der Waals surface area contributed by atoms with Gasteiger partial charge < -0.3 is 9.84 Å². The highest BCUT2D eigenvalue weighted by molar-refractivity contribution is 5.65. The fourth-order valence-corrected chi connectivity index (χ4v) is 2.78. The van der Waals surface area contributed by atoms with Crippen molar-refractivity contribution in [2.45, 2.75) is 38.6 Å². The summed E-state index contributed by atoms with van der Waals surface area (Å²) in [7, 11) is 0. The molecule has 19 heavy (non-hydrogen) atoms. The van der Waals surface area contributed by atoms with Gasteiger partial charge in [-0.25, -0.2) is 0 Å². The number of nitrogens with zero attached hydrogens (tertiary/aromatic N) is 1. The number of nitrogens with one attached hydrogen (secondary N) is 1. The SMILES string of the molecule is Cc1cccc(-c2cnoc2CC2CCCCN2)c1. The van der Waals surface area contributed by atoms with Crippen molar-refractivity contribution < 1.29 is 4.52 Å². The molecule has 1 saturated heterocycles. The van der Waals surface area contributed by atoms with Crippen molar-refractivity contribution in [1.82, 2.24) is 10.5 Å². The first-order valence-electron chi connectivity index (χ1n) is 7.07. The number of rotatable bonds is 3. The number of aryl methyl sites for hydroxylation is 1. The summed E-state index contributed by atoms with van der Waals surface area (Å²) < 4.78 is 5.47. The van der Waals surface area contributed by atoms with E-state index in [2.05, 4.69) is 41.7 Å². The van der Waals surface area contributed by atoms with Crippen LogP contribution < -0.4 is 5.32 Å². The predicted octanol–water partition coefficient (Wildman–Crippen LogP) is 3.33. The van der Waals surface area contributed by atoms with Gasteiger partial charge >= 0.3 is 0 Å². The minimum absolute atomic E-state index is 0.533. The predicted molar refractivity (Wildman–Crippen MR) is 76.0 cm³/mol. The first kappa shape index (κ1) is 12.4. The molecule has 1 fully saturated rings. The fraction of sp³-hybridized carbons (Fsp3) is 0.438. The van der Waals surface area contributed by atoms with Gasteiger partial charge in [-0.15, -0.1) is 0 Å². The van der Waals surface area contributed by atoms with Gasteiger partial charge in [0.2, 0.25) is 0 Å². The van der Waals surface area contributed by atoms with Crippen LogP contribution in [0, 0.1) is 6.92 Å². The van der Waals surface area contributed by atoms with Crippen LogP contribution in [0.15, 0.2) is 35.0 Å². The Kier molecular flexibility index (Phi) is 3.65. The van der Waals surface area contributed by atoms with E-state index in [9.17, 15) is 0 Å². The lowest BCUT2D eigenvalue weighted by Crippen LogP contribution is -2.35. The minimum Gasteiger partial charge on any atom is -0.361 e. The second kappa shape index (κ2) is 5.57. The van der Waals surface area contributed by atoms with Gasteiger partial charge in [-0.3, -0.25) is 0 Å². The van der Waals surface area contributed by atoms with Gasteiger partial charge in [0.15, 0.2) is 0 Å². The third-order valence-electron chi connectivity index (χ3n) is 3.82. The summed E-state index contributed by atoms with van der Waals surface area (Å²) in [4.78, 5) is 0. The Hall–Kier alpha value is -1.61. The highest BCUT2D eigenvalue weighted by atomic mass is 16.5. The van der Waals surface area contributed by atoms with Crippen LogP contribution in [0.3, 0.4) is 0 Å². The molecule has 3 rings (SSSR count). The molecule has 3 nitrogen and oxygen atoms in total. The van der Waals surface area contributed by atoms with Crippen LogP contribution in [0.25, 0.3) is 11.1 Å². The maximum Gasteiger partial charge on any atom is 0.146 e. The van der Waals surface area contributed by atoms with E-state index in [-0.39, 0.29) is 0 Å². The van der Waals surface area contributed by atoms with E-state index < -0.39 is 0 Å². The Morgan fingerprint density at radius 3 is 3.11 bits per heavy atom. The smallest absolute Gasteiger partial charge is 0.146 e. The second-order valence-corrected chi connectivity index (χ2v) is 5.38. The topological polar surface area (TPSA) is 38.1 Å². The highest BCUT2D eigenvalue weighted by Gasteiger charge is 2.18. The zero-order valence-electron chi connectivity index (χ0n) is 11.4. The number of benzene rings is 1. The first-order valence-corrected chi connectivity index (χ1v) is 7.07. The van der Waals surface area contributed by atoms with E-state index in [1.165, 1.54) is 30.4 Å². The molecule has 0 radical (unpaired) electrons. The zero-order valence-corrected chi connectivity index (χ0v) is 11.4. The molecule has 0 saturated carbocycles. The first-order chi connectivity index (χ1) is 9.33. The monoisotopic (exact) mass is 256 g/mol. The Morgan fingerprint density at radius 2 is 2.32 bits per heavy atom. The molecule has 3 heteroatoms. The normalized spacial score (nSPS) is 19.5. The average Bonchev–Trinajstić information content (AvgIpc) is 2.88. The maximum atomic E-state index is 5.47. The summed E-state index contributed by atoms with van der Waals surface area (Å²) in [6.07, 6.45) is 6.60. The summed E-state index contributed by atoms with van der Waals surface area (Å²) in [5.74, 6) is 1.00. The molecule has 2 aromatic rings. The average molecular weight is 256 g/mol. The molecule has 1 N–H and O–H groups in total. The summed E-state index contributed by atoms with van der Waals surface area (Å²) in [5, 5.41) is 7.55. The van der Waals surface area contributed by atoms with Crippen LogP contribution in [0.2, 0.25) is 0 Å². The molecule has 0 amide bonds. The van der Waals surface area contributed by atoms with Crippen LogP contribution in [0.5, 0.6) is 0 Å². The van der Waals surface area contributed by atoms with Crippen molar-refractivity contribution in [3.05, 3.63) is 41.8 Å². The third-order valence-corrected chi connectivity index (χ3v) is 3.82. The van der Waals surface area contributed by atoms with E-state index in [0.717, 1.165) is 24.3 Å². The van der Waals surface area contributed by atoms with Gasteiger partial charge in [0.05, 0.1) is 6.20 Å². The van der Waals surface area contributed by atoms with E-state index in [0.29, 0.717) is 6.04 Å². The largest absolute Gasteiger partial charge is 0.361 e. The summed E-state index contributed by atoms with van der Waals surface area (Å²) in [6, 6.07) is 9.03. The van der Waals surface area contributed by atoms with Gasteiger partial charge in [0.1, 0.15) is 5.76 Å². The molecule has 1 aliphatic rings. The lowest BCUT2D eigenvalue weighted by molar-refractivity contribution is 0.337. The van der Waals surface area contributed by atoms with Crippen molar-refractivity contribution in [1.29, 1.82) is 0 Å². The standard InChI is InChI=1S/C16H20N2O/c1-12-5-4-6-13(9-12)15-11-18-19-16(15)10-14-7-2-3-8-17-14/h4-6,9,11,14,17H,2-3,7-8,10H2,1H3. The molecule has 1 aliphatic heterocycles. The minimum atomic E-state index is 0.533. The van der Waals surface area contributed by atoms with Crippen molar-refractivity contribution >= 4 is 0 Å². The van der Waals surface area contributed by atoms with E-state index >= 15 is 0 Å². The molecule has 1 unspecified atom stereocenters. The van der Waals surface area contributed by atoms with E-state index in [4.69, 9.17) is 4.52 Å². The Balaban J connectivity index is 1.81. The molecule has 1 atom stereocenters. The lowest BCUT2D eigenvalue weighted by Gasteiger charge is -2.22. The fourth-order valence-electron chi connectivity index (χ4n) is 2.78. The van der Waals surface area contributed by atoms with Gasteiger partial charge in [-0.2, -0.15) is 0 Å². The lowest BCUT2D eigenvalue weighted by atomic mass is 9.97. The van der Waals surface area contributed by atoms with Crippen LogP contribution in [0.4, 0.5) is 0 Å². The number of aromatic nitrogens is 1. The molecule has 0 bridgehead atoms. The van der Waals surface area contributed by atoms with Gasteiger partial charge in [-0.05, 0) is 31.9 Å². The van der Waals surface area contributed by atoms with Crippen molar-refractivity contribution in [2.24, 2.45) is 0 Å². The van der Waals surface area contributed by atoms with Crippen molar-refractivity contribution in [3.63, 3.8) is 0 Å². The molecule has 100 valence electrons. The van der Waals surface area contributed by atoms with Crippen LogP contribution in [-0.4, -0.2) is 17.7 Å². The molecular weight excluding hydrogens is 236 g/mol. The summed E-state index contributed by atoms with van der Waals surface area (Å²) in [6.45, 7) is 3.23. The van der Waals surface area contributed by atoms with Crippen molar-refractivity contribution in [3.8, 4) is 11.1 Å². The summed E-state index contributed by atoms with van der Waals surface area (Å²) >= 11 is 0. The Morgan fingerprint density at radius 1 is 1.37 bits per heavy atom. The van der Waals surface area contributed by atoms with Gasteiger partial charge in [-0.1, -0.05) is 41.4 Å². The molecule has 1 aromatic heterocycles. The highest BCUT2D eigenvalue weighted by Crippen LogP contribution is 2.26. The van der Waals surface area contributed by atoms with Crippen LogP contribution in [0.1, 0.15) is 30.6 Å². The quantitative estimate of drug-likeness (QED) is 0.915. The molecule has 2 heterocycles. The maximum absolute atomic E-state index is 5.47. The Labute approximate surface area is 114 Å². The van der Waals surface area contributed by atoms with Crippen molar-refractivity contribution in [2.75, 3.05) is 6.54 Å². The molecule has 0 aliphatic carbocycles. The number of hydrogen-bond donors (Lipinski definition) is 1. The number of hydrogen-bond acceptors (Lipinski definition) is 3. The molecule has 1 aromatic carbocycles. The van der Waals surface area contributed by atoms with Crippen LogP contribution >= 0.6 is 0 Å². The Bertz CT molecular complexity index is 541. The zero-order chi connectivity index (χ0) is 13.1. The van der Waals surface area contributed by atoms with E-state index in [1.807, 2.05) is 6.20 Å². The van der Waals surface area contributed by atoms with Gasteiger partial charge in [0, 0.05) is 18.0 Å². The van der Waals surface area contributed by atoms with E-state index in [1.54, 1.807) is 0 Å². The molecule has 0 spiro atoms.